The van der Waals surface area contributed by atoms with Gasteiger partial charge >= 0.3 is 6.18 Å². The molecule has 0 spiro atoms. The maximum atomic E-state index is 11.3. The third-order valence-corrected chi connectivity index (χ3v) is 0.766. The fraction of sp³-hybridized carbons (Fsp3) is 0.750. The third kappa shape index (κ3) is 1.95. The van der Waals surface area contributed by atoms with Crippen LogP contribution in [0.25, 0.3) is 0 Å². The van der Waals surface area contributed by atoms with E-state index < -0.39 is 12.1 Å². The van der Waals surface area contributed by atoms with Crippen LogP contribution in [0.4, 0.5) is 13.2 Å². The van der Waals surface area contributed by atoms with Gasteiger partial charge in [0.05, 0.1) is 5.92 Å². The van der Waals surface area contributed by atoms with Crippen LogP contribution in [0.5, 0.6) is 0 Å². The molecule has 0 aliphatic heterocycles. The molecule has 1 nitrogen and oxygen atoms in total. The third-order valence-electron chi connectivity index (χ3n) is 0.766. The molecule has 0 saturated heterocycles. The topological polar surface area (TPSA) is 23.9 Å². The van der Waals surface area contributed by atoms with E-state index >= 15 is 0 Å². The predicted molar refractivity (Wildman–Crippen MR) is 24.0 cm³/mol. The summed E-state index contributed by atoms with van der Waals surface area (Å²) in [4.78, 5) is 0. The minimum absolute atomic E-state index is 0.375. The van der Waals surface area contributed by atoms with Gasteiger partial charge in [-0.05, 0) is 6.92 Å². The second-order valence-electron chi connectivity index (χ2n) is 1.50. The molecule has 0 aromatic carbocycles. The Hall–Kier alpha value is -0.540. The van der Waals surface area contributed by atoms with E-state index in [4.69, 9.17) is 5.41 Å². The maximum Gasteiger partial charge on any atom is 0.396 e. The highest BCUT2D eigenvalue weighted by atomic mass is 19.4. The van der Waals surface area contributed by atoms with Gasteiger partial charge in [0.1, 0.15) is 0 Å². The normalized spacial score (nSPS) is 15.5. The molecule has 0 aromatic rings. The van der Waals surface area contributed by atoms with Crippen LogP contribution in [-0.2, 0) is 0 Å². The van der Waals surface area contributed by atoms with Gasteiger partial charge in [-0.25, -0.2) is 0 Å². The maximum absolute atomic E-state index is 11.3. The van der Waals surface area contributed by atoms with Crippen molar-refractivity contribution < 1.29 is 13.2 Å². The molecule has 1 atom stereocenters. The Morgan fingerprint density at radius 2 is 1.88 bits per heavy atom. The standard InChI is InChI=1S/C4H6F3N/c1-3(2-8)4(5,6)7/h2-3,8H,1H3. The van der Waals surface area contributed by atoms with E-state index in [9.17, 15) is 13.2 Å². The zero-order valence-electron chi connectivity index (χ0n) is 4.29. The van der Waals surface area contributed by atoms with E-state index in [1.807, 2.05) is 0 Å². The Bertz CT molecular complexity index is 85.8. The van der Waals surface area contributed by atoms with Crippen LogP contribution in [0.1, 0.15) is 6.92 Å². The average Bonchev–Trinajstić information content (AvgIpc) is 1.62. The van der Waals surface area contributed by atoms with Crippen molar-refractivity contribution in [2.24, 2.45) is 5.92 Å². The first-order valence-electron chi connectivity index (χ1n) is 2.05. The van der Waals surface area contributed by atoms with Gasteiger partial charge < -0.3 is 5.41 Å². The van der Waals surface area contributed by atoms with Crippen molar-refractivity contribution in [3.63, 3.8) is 0 Å². The van der Waals surface area contributed by atoms with Crippen molar-refractivity contribution in [1.82, 2.24) is 0 Å². The molecule has 0 amide bonds. The van der Waals surface area contributed by atoms with Gasteiger partial charge in [-0.2, -0.15) is 13.2 Å². The molecule has 0 radical (unpaired) electrons. The molecule has 0 heterocycles. The summed E-state index contributed by atoms with van der Waals surface area (Å²) in [5, 5.41) is 6.22. The van der Waals surface area contributed by atoms with E-state index in [-0.39, 0.29) is 0 Å². The highest BCUT2D eigenvalue weighted by molar-refractivity contribution is 5.57. The molecule has 48 valence electrons. The number of hydrogen-bond donors (Lipinski definition) is 1. The van der Waals surface area contributed by atoms with Crippen LogP contribution in [0.2, 0.25) is 0 Å². The van der Waals surface area contributed by atoms with Crippen LogP contribution in [0.15, 0.2) is 0 Å². The van der Waals surface area contributed by atoms with Crippen LogP contribution >= 0.6 is 0 Å². The highest BCUT2D eigenvalue weighted by Gasteiger charge is 2.33. The lowest BCUT2D eigenvalue weighted by atomic mass is 10.2. The van der Waals surface area contributed by atoms with Gasteiger partial charge in [-0.15, -0.1) is 0 Å². The lowest BCUT2D eigenvalue weighted by molar-refractivity contribution is -0.149. The van der Waals surface area contributed by atoms with Gasteiger partial charge in [0.25, 0.3) is 0 Å². The van der Waals surface area contributed by atoms with Crippen LogP contribution in [0.3, 0.4) is 0 Å². The predicted octanol–water partition coefficient (Wildman–Crippen LogP) is 1.83. The van der Waals surface area contributed by atoms with Crippen LogP contribution < -0.4 is 0 Å². The Balaban J connectivity index is 3.80. The van der Waals surface area contributed by atoms with Crippen molar-refractivity contribution in [1.29, 1.82) is 5.41 Å². The molecule has 1 N–H and O–H groups in total. The zero-order chi connectivity index (χ0) is 6.78. The van der Waals surface area contributed by atoms with Crippen molar-refractivity contribution in [3.05, 3.63) is 0 Å². The van der Waals surface area contributed by atoms with E-state index in [1.165, 1.54) is 0 Å². The van der Waals surface area contributed by atoms with Gasteiger partial charge in [0.2, 0.25) is 0 Å². The second-order valence-corrected chi connectivity index (χ2v) is 1.50. The Kier molecular flexibility index (Phi) is 2.01. The smallest absolute Gasteiger partial charge is 0.312 e. The Morgan fingerprint density at radius 1 is 1.50 bits per heavy atom. The van der Waals surface area contributed by atoms with E-state index in [2.05, 4.69) is 0 Å². The van der Waals surface area contributed by atoms with E-state index in [0.717, 1.165) is 6.92 Å². The number of nitrogens with one attached hydrogen (secondary N) is 1. The fourth-order valence-corrected chi connectivity index (χ4v) is 0.0945. The molecular weight excluding hydrogens is 119 g/mol. The fourth-order valence-electron chi connectivity index (χ4n) is 0.0945. The van der Waals surface area contributed by atoms with Crippen molar-refractivity contribution >= 4 is 6.21 Å². The molecular formula is C4H6F3N. The Labute approximate surface area is 45.0 Å². The minimum atomic E-state index is -4.23. The molecule has 1 unspecified atom stereocenters. The summed E-state index contributed by atoms with van der Waals surface area (Å²) in [5.41, 5.74) is 0. The highest BCUT2D eigenvalue weighted by Crippen LogP contribution is 2.23. The Morgan fingerprint density at radius 3 is 1.88 bits per heavy atom. The summed E-state index contributed by atoms with van der Waals surface area (Å²) in [5.74, 6) is -1.61. The molecule has 0 aliphatic carbocycles. The van der Waals surface area contributed by atoms with Crippen molar-refractivity contribution in [2.75, 3.05) is 0 Å². The van der Waals surface area contributed by atoms with Gasteiger partial charge in [-0.3, -0.25) is 0 Å². The van der Waals surface area contributed by atoms with Gasteiger partial charge in [0.15, 0.2) is 0 Å². The molecule has 0 aliphatic rings. The summed E-state index contributed by atoms with van der Waals surface area (Å²) < 4.78 is 33.9. The lowest BCUT2D eigenvalue weighted by Gasteiger charge is -2.07. The molecule has 8 heavy (non-hydrogen) atoms. The summed E-state index contributed by atoms with van der Waals surface area (Å²) in [7, 11) is 0. The summed E-state index contributed by atoms with van der Waals surface area (Å²) in [6.07, 6.45) is -3.86. The monoisotopic (exact) mass is 125 g/mol. The molecule has 0 aromatic heterocycles. The van der Waals surface area contributed by atoms with Crippen molar-refractivity contribution in [3.8, 4) is 0 Å². The number of rotatable bonds is 1. The van der Waals surface area contributed by atoms with Crippen LogP contribution in [-0.4, -0.2) is 12.4 Å². The molecule has 0 bridgehead atoms. The first-order valence-corrected chi connectivity index (χ1v) is 2.05. The number of alkyl halides is 3. The van der Waals surface area contributed by atoms with Crippen molar-refractivity contribution in [2.45, 2.75) is 13.1 Å². The minimum Gasteiger partial charge on any atom is -0.312 e. The van der Waals surface area contributed by atoms with E-state index in [1.54, 1.807) is 0 Å². The second kappa shape index (κ2) is 2.15. The molecule has 4 heteroatoms. The van der Waals surface area contributed by atoms with Crippen LogP contribution in [0, 0.1) is 11.3 Å². The first-order chi connectivity index (χ1) is 3.48. The molecule has 0 fully saturated rings. The van der Waals surface area contributed by atoms with Gasteiger partial charge in [-0.1, -0.05) is 0 Å². The molecule has 0 rings (SSSR count). The summed E-state index contributed by atoms with van der Waals surface area (Å²) in [6.45, 7) is 0.938. The molecule has 0 saturated carbocycles. The summed E-state index contributed by atoms with van der Waals surface area (Å²) >= 11 is 0. The summed E-state index contributed by atoms with van der Waals surface area (Å²) in [6, 6.07) is 0. The number of hydrogen-bond acceptors (Lipinski definition) is 1. The quantitative estimate of drug-likeness (QED) is 0.517. The van der Waals surface area contributed by atoms with E-state index in [0.29, 0.717) is 6.21 Å². The SMILES string of the molecule is CC(C=N)C(F)(F)F. The number of halogens is 3. The largest absolute Gasteiger partial charge is 0.396 e. The van der Waals surface area contributed by atoms with Gasteiger partial charge in [0, 0.05) is 6.21 Å². The first kappa shape index (κ1) is 7.46. The zero-order valence-corrected chi connectivity index (χ0v) is 4.29. The average molecular weight is 125 g/mol. The lowest BCUT2D eigenvalue weighted by Crippen LogP contribution is -2.20.